The second-order valence-electron chi connectivity index (χ2n) is 8.80. The van der Waals surface area contributed by atoms with Gasteiger partial charge in [-0.1, -0.05) is 44.2 Å². The lowest BCUT2D eigenvalue weighted by molar-refractivity contribution is -0.143. The van der Waals surface area contributed by atoms with E-state index in [4.69, 9.17) is 14.2 Å². The molecule has 174 valence electrons. The van der Waals surface area contributed by atoms with Crippen LogP contribution in [0.3, 0.4) is 0 Å². The first-order valence-corrected chi connectivity index (χ1v) is 11.9. The van der Waals surface area contributed by atoms with Crippen LogP contribution in [0.25, 0.3) is 10.2 Å². The third-order valence-corrected chi connectivity index (χ3v) is 6.43. The number of hydrogen-bond acceptors (Lipinski definition) is 6. The van der Waals surface area contributed by atoms with E-state index in [2.05, 4.69) is 25.8 Å². The fourth-order valence-corrected chi connectivity index (χ4v) is 4.67. The molecule has 0 aliphatic carbocycles. The van der Waals surface area contributed by atoms with Crippen molar-refractivity contribution < 1.29 is 23.8 Å². The van der Waals surface area contributed by atoms with Crippen LogP contribution in [0.5, 0.6) is 11.5 Å². The second kappa shape index (κ2) is 9.39. The summed E-state index contributed by atoms with van der Waals surface area (Å²) in [5.74, 6) is 0.691. The van der Waals surface area contributed by atoms with Gasteiger partial charge in [0.1, 0.15) is 13.2 Å². The van der Waals surface area contributed by atoms with Gasteiger partial charge >= 0.3 is 5.97 Å². The molecule has 0 unspecified atom stereocenters. The third-order valence-electron chi connectivity index (χ3n) is 5.39. The average Bonchev–Trinajstić information content (AvgIpc) is 3.11. The van der Waals surface area contributed by atoms with Gasteiger partial charge in [0.05, 0.1) is 23.2 Å². The van der Waals surface area contributed by atoms with Crippen LogP contribution in [0.15, 0.2) is 41.4 Å². The van der Waals surface area contributed by atoms with Gasteiger partial charge in [0.15, 0.2) is 16.3 Å². The molecule has 2 heterocycles. The van der Waals surface area contributed by atoms with Gasteiger partial charge in [0.2, 0.25) is 0 Å². The molecule has 0 bridgehead atoms. The summed E-state index contributed by atoms with van der Waals surface area (Å²) in [7, 11) is 0. The molecule has 0 atom stereocenters. The zero-order valence-electron chi connectivity index (χ0n) is 19.3. The first kappa shape index (κ1) is 23.0. The number of benzene rings is 2. The molecule has 1 aliphatic heterocycles. The highest BCUT2D eigenvalue weighted by molar-refractivity contribution is 7.16. The zero-order valence-corrected chi connectivity index (χ0v) is 20.2. The predicted molar refractivity (Wildman–Crippen MR) is 127 cm³/mol. The van der Waals surface area contributed by atoms with Gasteiger partial charge in [-0.05, 0) is 30.0 Å². The molecular formula is C25H28N2O5S. The molecule has 7 nitrogen and oxygen atoms in total. The van der Waals surface area contributed by atoms with Crippen molar-refractivity contribution in [1.29, 1.82) is 0 Å². The number of rotatable bonds is 5. The summed E-state index contributed by atoms with van der Waals surface area (Å²) in [5.41, 5.74) is 2.51. The van der Waals surface area contributed by atoms with Gasteiger partial charge in [0, 0.05) is 24.2 Å². The lowest BCUT2D eigenvalue weighted by Crippen LogP contribution is -2.20. The number of ether oxygens (including phenoxy) is 3. The molecule has 1 amide bonds. The largest absolute Gasteiger partial charge is 0.486 e. The molecule has 4 rings (SSSR count). The molecule has 8 heteroatoms. The maximum atomic E-state index is 13.0. The predicted octanol–water partition coefficient (Wildman–Crippen LogP) is 4.47. The van der Waals surface area contributed by atoms with E-state index >= 15 is 0 Å². The standard InChI is InChI=1S/C25H28N2O5S/c1-5-30-22(28)10-11-27-18-14-19-20(32-13-12-31-19)15-21(18)33-24(27)26-23(29)16-6-8-17(9-7-16)25(2,3)4/h6-9,14-15H,5,10-13H2,1-4H3. The molecule has 0 saturated heterocycles. The highest BCUT2D eigenvalue weighted by atomic mass is 32.1. The molecule has 0 fully saturated rings. The SMILES string of the molecule is CCOC(=O)CCn1c(=NC(=O)c2ccc(C(C)(C)C)cc2)sc2cc3c(cc21)OCCO3. The van der Waals surface area contributed by atoms with E-state index in [-0.39, 0.29) is 23.7 Å². The van der Waals surface area contributed by atoms with Crippen LogP contribution in [0.1, 0.15) is 50.0 Å². The van der Waals surface area contributed by atoms with E-state index in [9.17, 15) is 9.59 Å². The summed E-state index contributed by atoms with van der Waals surface area (Å²) in [5, 5.41) is 0. The smallest absolute Gasteiger partial charge is 0.307 e. The number of aryl methyl sites for hydroxylation is 1. The van der Waals surface area contributed by atoms with Gasteiger partial charge < -0.3 is 18.8 Å². The van der Waals surface area contributed by atoms with Crippen LogP contribution in [-0.2, 0) is 21.5 Å². The number of amides is 1. The van der Waals surface area contributed by atoms with E-state index in [1.54, 1.807) is 6.92 Å². The summed E-state index contributed by atoms with van der Waals surface area (Å²) >= 11 is 1.38. The minimum atomic E-state index is -0.329. The Kier molecular flexibility index (Phi) is 6.56. The third kappa shape index (κ3) is 5.11. The van der Waals surface area contributed by atoms with Crippen molar-refractivity contribution in [2.45, 2.75) is 46.1 Å². The Labute approximate surface area is 196 Å². The molecule has 33 heavy (non-hydrogen) atoms. The van der Waals surface area contributed by atoms with Crippen LogP contribution in [0.2, 0.25) is 0 Å². The summed E-state index contributed by atoms with van der Waals surface area (Å²) < 4.78 is 19.3. The first-order valence-electron chi connectivity index (χ1n) is 11.0. The molecule has 3 aromatic rings. The van der Waals surface area contributed by atoms with Gasteiger partial charge in [0.25, 0.3) is 5.91 Å². The summed E-state index contributed by atoms with van der Waals surface area (Å²) in [6, 6.07) is 11.3. The average molecular weight is 469 g/mol. The Morgan fingerprint density at radius 2 is 1.76 bits per heavy atom. The fourth-order valence-electron chi connectivity index (χ4n) is 3.61. The highest BCUT2D eigenvalue weighted by Crippen LogP contribution is 2.35. The first-order chi connectivity index (χ1) is 15.8. The number of esters is 1. The van der Waals surface area contributed by atoms with Crippen LogP contribution < -0.4 is 14.3 Å². The van der Waals surface area contributed by atoms with Gasteiger partial charge in [-0.25, -0.2) is 0 Å². The van der Waals surface area contributed by atoms with Crippen LogP contribution in [0.4, 0.5) is 0 Å². The topological polar surface area (TPSA) is 79.1 Å². The number of thiazole rings is 1. The summed E-state index contributed by atoms with van der Waals surface area (Å²) in [4.78, 5) is 29.9. The van der Waals surface area contributed by atoms with E-state index in [1.807, 2.05) is 41.0 Å². The number of carbonyl (C=O) groups is 2. The lowest BCUT2D eigenvalue weighted by Gasteiger charge is -2.18. The second-order valence-corrected chi connectivity index (χ2v) is 9.81. The Morgan fingerprint density at radius 3 is 2.39 bits per heavy atom. The van der Waals surface area contributed by atoms with Crippen LogP contribution in [-0.4, -0.2) is 36.3 Å². The highest BCUT2D eigenvalue weighted by Gasteiger charge is 2.18. The quantitative estimate of drug-likeness (QED) is 0.517. The number of carbonyl (C=O) groups excluding carboxylic acids is 2. The van der Waals surface area contributed by atoms with Crippen molar-refractivity contribution in [3.63, 3.8) is 0 Å². The monoisotopic (exact) mass is 468 g/mol. The van der Waals surface area contributed by atoms with Crippen molar-refractivity contribution >= 4 is 33.4 Å². The van der Waals surface area contributed by atoms with Crippen LogP contribution in [0, 0.1) is 0 Å². The zero-order chi connectivity index (χ0) is 23.6. The molecule has 0 saturated carbocycles. The number of aromatic nitrogens is 1. The molecule has 2 aromatic carbocycles. The van der Waals surface area contributed by atoms with Crippen molar-refractivity contribution in [3.05, 3.63) is 52.3 Å². The molecule has 0 radical (unpaired) electrons. The number of hydrogen-bond donors (Lipinski definition) is 0. The Hall–Kier alpha value is -3.13. The maximum Gasteiger partial charge on any atom is 0.307 e. The molecule has 1 aliphatic rings. The lowest BCUT2D eigenvalue weighted by atomic mass is 9.87. The van der Waals surface area contributed by atoms with E-state index < -0.39 is 0 Å². The minimum absolute atomic E-state index is 0.00354. The Balaban J connectivity index is 1.74. The van der Waals surface area contributed by atoms with Gasteiger partial charge in [-0.3, -0.25) is 9.59 Å². The van der Waals surface area contributed by atoms with E-state index in [0.717, 1.165) is 15.8 Å². The van der Waals surface area contributed by atoms with E-state index in [0.29, 0.717) is 48.2 Å². The van der Waals surface area contributed by atoms with Crippen molar-refractivity contribution in [3.8, 4) is 11.5 Å². The summed E-state index contributed by atoms with van der Waals surface area (Å²) in [6.07, 6.45) is 0.176. The summed E-state index contributed by atoms with van der Waals surface area (Å²) in [6.45, 7) is 9.80. The maximum absolute atomic E-state index is 13.0. The Bertz CT molecular complexity index is 1250. The normalized spacial score (nSPS) is 13.9. The van der Waals surface area contributed by atoms with E-state index in [1.165, 1.54) is 11.3 Å². The number of fused-ring (bicyclic) bond motifs is 2. The van der Waals surface area contributed by atoms with Crippen molar-refractivity contribution in [1.82, 2.24) is 4.57 Å². The van der Waals surface area contributed by atoms with Gasteiger partial charge in [-0.15, -0.1) is 0 Å². The number of nitrogens with zero attached hydrogens (tertiary/aromatic N) is 2. The van der Waals surface area contributed by atoms with Crippen LogP contribution >= 0.6 is 11.3 Å². The molecule has 0 spiro atoms. The fraction of sp³-hybridized carbons (Fsp3) is 0.400. The van der Waals surface area contributed by atoms with Crippen molar-refractivity contribution in [2.24, 2.45) is 4.99 Å². The van der Waals surface area contributed by atoms with Crippen molar-refractivity contribution in [2.75, 3.05) is 19.8 Å². The molecular weight excluding hydrogens is 440 g/mol. The minimum Gasteiger partial charge on any atom is -0.486 e. The Morgan fingerprint density at radius 1 is 1.09 bits per heavy atom. The molecule has 0 N–H and O–H groups in total. The molecule has 1 aromatic heterocycles. The van der Waals surface area contributed by atoms with Gasteiger partial charge in [-0.2, -0.15) is 4.99 Å².